The van der Waals surface area contributed by atoms with Crippen LogP contribution in [0.5, 0.6) is 0 Å². The zero-order chi connectivity index (χ0) is 11.7. The van der Waals surface area contributed by atoms with Crippen LogP contribution in [0.3, 0.4) is 0 Å². The number of hydrogen-bond acceptors (Lipinski definition) is 3. The summed E-state index contributed by atoms with van der Waals surface area (Å²) >= 11 is 3.07. The highest BCUT2D eigenvalue weighted by atomic mass is 79.9. The fourth-order valence-corrected chi connectivity index (χ4v) is 1.52. The maximum absolute atomic E-state index is 13.3. The lowest BCUT2D eigenvalue weighted by Gasteiger charge is -1.97. The summed E-state index contributed by atoms with van der Waals surface area (Å²) in [7, 11) is 0. The Bertz CT molecular complexity index is 510. The summed E-state index contributed by atoms with van der Waals surface area (Å²) in [6.07, 6.45) is -0.721. The molecule has 0 aliphatic carbocycles. The van der Waals surface area contributed by atoms with Gasteiger partial charge in [-0.1, -0.05) is 11.2 Å². The van der Waals surface area contributed by atoms with Gasteiger partial charge in [0.1, 0.15) is 17.6 Å². The van der Waals surface area contributed by atoms with Crippen LogP contribution in [0.15, 0.2) is 33.3 Å². The average molecular weight is 286 g/mol. The number of benzene rings is 1. The molecule has 5 heteroatoms. The lowest BCUT2D eigenvalue weighted by atomic mass is 10.1. The Kier molecular flexibility index (Phi) is 3.07. The fraction of sp³-hybridized carbons (Fsp3) is 0.182. The molecule has 2 aromatic rings. The van der Waals surface area contributed by atoms with E-state index in [9.17, 15) is 9.50 Å². The molecule has 1 N–H and O–H groups in total. The van der Waals surface area contributed by atoms with E-state index in [0.29, 0.717) is 21.5 Å². The molecule has 0 saturated carbocycles. The molecule has 0 spiro atoms. The molecule has 0 aliphatic heterocycles. The number of rotatable bonds is 2. The van der Waals surface area contributed by atoms with Crippen molar-refractivity contribution in [3.05, 3.63) is 40.3 Å². The van der Waals surface area contributed by atoms with Crippen LogP contribution < -0.4 is 0 Å². The van der Waals surface area contributed by atoms with Gasteiger partial charge in [0.15, 0.2) is 5.76 Å². The van der Waals surface area contributed by atoms with Crippen molar-refractivity contribution in [2.24, 2.45) is 0 Å². The van der Waals surface area contributed by atoms with Gasteiger partial charge in [0.2, 0.25) is 0 Å². The summed E-state index contributed by atoms with van der Waals surface area (Å²) in [4.78, 5) is 0. The van der Waals surface area contributed by atoms with Crippen molar-refractivity contribution in [2.75, 3.05) is 0 Å². The predicted octanol–water partition coefficient (Wildman–Crippen LogP) is 3.30. The molecule has 0 amide bonds. The number of aliphatic hydroxyl groups excluding tert-OH is 1. The van der Waals surface area contributed by atoms with E-state index in [1.807, 2.05) is 0 Å². The summed E-state index contributed by atoms with van der Waals surface area (Å²) in [5.74, 6) is -0.00239. The number of nitrogens with zero attached hydrogens (tertiary/aromatic N) is 1. The molecule has 1 heterocycles. The quantitative estimate of drug-likeness (QED) is 0.921. The molecule has 1 atom stereocenters. The number of aliphatic hydroxyl groups is 1. The van der Waals surface area contributed by atoms with Gasteiger partial charge in [-0.3, -0.25) is 0 Å². The van der Waals surface area contributed by atoms with Crippen molar-refractivity contribution in [3.63, 3.8) is 0 Å². The normalized spacial score (nSPS) is 12.8. The highest BCUT2D eigenvalue weighted by molar-refractivity contribution is 9.10. The van der Waals surface area contributed by atoms with Crippen LogP contribution in [0.2, 0.25) is 0 Å². The maximum atomic E-state index is 13.3. The van der Waals surface area contributed by atoms with Gasteiger partial charge in [0.25, 0.3) is 0 Å². The lowest BCUT2D eigenvalue weighted by molar-refractivity contribution is 0.158. The third-order valence-corrected chi connectivity index (χ3v) is 2.80. The van der Waals surface area contributed by atoms with E-state index >= 15 is 0 Å². The molecule has 0 fully saturated rings. The molecular weight excluding hydrogens is 277 g/mol. The summed E-state index contributed by atoms with van der Waals surface area (Å²) in [6, 6.07) is 6.26. The molecule has 0 saturated heterocycles. The molecule has 1 unspecified atom stereocenters. The van der Waals surface area contributed by atoms with Crippen molar-refractivity contribution in [2.45, 2.75) is 13.0 Å². The molecular formula is C11H9BrFNO2. The Morgan fingerprint density at radius 1 is 1.44 bits per heavy atom. The zero-order valence-corrected chi connectivity index (χ0v) is 10.0. The van der Waals surface area contributed by atoms with Gasteiger partial charge in [-0.15, -0.1) is 0 Å². The highest BCUT2D eigenvalue weighted by Crippen LogP contribution is 2.25. The van der Waals surface area contributed by atoms with Crippen molar-refractivity contribution < 1.29 is 14.0 Å². The first-order valence-corrected chi connectivity index (χ1v) is 5.47. The largest absolute Gasteiger partial charge is 0.385 e. The summed E-state index contributed by atoms with van der Waals surface area (Å²) in [5.41, 5.74) is 1.11. The Hall–Kier alpha value is -1.20. The summed E-state index contributed by atoms with van der Waals surface area (Å²) < 4.78 is 18.6. The molecule has 3 nitrogen and oxygen atoms in total. The third kappa shape index (κ3) is 2.15. The molecule has 0 radical (unpaired) electrons. The Morgan fingerprint density at radius 3 is 2.75 bits per heavy atom. The van der Waals surface area contributed by atoms with E-state index in [2.05, 4.69) is 21.1 Å². The van der Waals surface area contributed by atoms with Gasteiger partial charge in [0, 0.05) is 11.6 Å². The van der Waals surface area contributed by atoms with Crippen LogP contribution in [-0.4, -0.2) is 10.3 Å². The van der Waals surface area contributed by atoms with Crippen LogP contribution in [-0.2, 0) is 0 Å². The smallest absolute Gasteiger partial charge is 0.165 e. The van der Waals surface area contributed by atoms with Crippen LogP contribution in [0.25, 0.3) is 11.3 Å². The second-order valence-electron chi connectivity index (χ2n) is 3.42. The molecule has 0 bridgehead atoms. The van der Waals surface area contributed by atoms with Gasteiger partial charge in [0.05, 0.1) is 4.47 Å². The van der Waals surface area contributed by atoms with Crippen LogP contribution in [0.1, 0.15) is 18.8 Å². The first-order chi connectivity index (χ1) is 7.58. The van der Waals surface area contributed by atoms with E-state index < -0.39 is 6.10 Å². The topological polar surface area (TPSA) is 46.3 Å². The van der Waals surface area contributed by atoms with E-state index in [-0.39, 0.29) is 5.82 Å². The van der Waals surface area contributed by atoms with Crippen LogP contribution >= 0.6 is 15.9 Å². The fourth-order valence-electron chi connectivity index (χ4n) is 1.28. The summed E-state index contributed by atoms with van der Waals surface area (Å²) in [5, 5.41) is 13.0. The monoisotopic (exact) mass is 285 g/mol. The highest BCUT2D eigenvalue weighted by Gasteiger charge is 2.11. The second-order valence-corrected chi connectivity index (χ2v) is 4.27. The van der Waals surface area contributed by atoms with Crippen LogP contribution in [0, 0.1) is 5.82 Å². The van der Waals surface area contributed by atoms with Gasteiger partial charge < -0.3 is 9.63 Å². The van der Waals surface area contributed by atoms with Crippen molar-refractivity contribution in [1.29, 1.82) is 0 Å². The maximum Gasteiger partial charge on any atom is 0.165 e. The van der Waals surface area contributed by atoms with Gasteiger partial charge in [-0.25, -0.2) is 4.39 Å². The van der Waals surface area contributed by atoms with Crippen LogP contribution in [0.4, 0.5) is 4.39 Å². The van der Waals surface area contributed by atoms with E-state index in [4.69, 9.17) is 4.52 Å². The van der Waals surface area contributed by atoms with Gasteiger partial charge in [-0.05, 0) is 35.0 Å². The zero-order valence-electron chi connectivity index (χ0n) is 8.45. The predicted molar refractivity (Wildman–Crippen MR) is 60.2 cm³/mol. The average Bonchev–Trinajstić information content (AvgIpc) is 2.71. The van der Waals surface area contributed by atoms with Crippen molar-refractivity contribution >= 4 is 15.9 Å². The molecule has 84 valence electrons. The van der Waals surface area contributed by atoms with E-state index in [1.165, 1.54) is 6.07 Å². The lowest BCUT2D eigenvalue weighted by Crippen LogP contribution is -1.85. The Morgan fingerprint density at radius 2 is 2.19 bits per heavy atom. The standard InChI is InChI=1S/C11H9BrFNO2/c1-6(15)11-5-10(14-16-11)7-2-3-8(12)9(13)4-7/h2-6,15H,1H3. The minimum Gasteiger partial charge on any atom is -0.385 e. The first kappa shape index (κ1) is 11.3. The minimum atomic E-state index is -0.721. The SMILES string of the molecule is CC(O)c1cc(-c2ccc(Br)c(F)c2)no1. The molecule has 1 aromatic carbocycles. The third-order valence-electron chi connectivity index (χ3n) is 2.16. The molecule has 2 rings (SSSR count). The van der Waals surface area contributed by atoms with Crippen molar-refractivity contribution in [3.8, 4) is 11.3 Å². The molecule has 1 aromatic heterocycles. The molecule has 0 aliphatic rings. The van der Waals surface area contributed by atoms with Crippen molar-refractivity contribution in [1.82, 2.24) is 5.16 Å². The Labute approximate surface area is 100 Å². The van der Waals surface area contributed by atoms with Gasteiger partial charge in [-0.2, -0.15) is 0 Å². The number of aromatic nitrogens is 1. The summed E-state index contributed by atoms with van der Waals surface area (Å²) in [6.45, 7) is 1.58. The number of hydrogen-bond donors (Lipinski definition) is 1. The molecule has 16 heavy (non-hydrogen) atoms. The minimum absolute atomic E-state index is 0.360. The first-order valence-electron chi connectivity index (χ1n) is 4.68. The Balaban J connectivity index is 2.39. The van der Waals surface area contributed by atoms with Gasteiger partial charge >= 0.3 is 0 Å². The number of halogens is 2. The second kappa shape index (κ2) is 4.35. The van der Waals surface area contributed by atoms with E-state index in [0.717, 1.165) is 0 Å². The van der Waals surface area contributed by atoms with E-state index in [1.54, 1.807) is 25.1 Å².